The summed E-state index contributed by atoms with van der Waals surface area (Å²) in [4.78, 5) is 0. The maximum atomic E-state index is 6.24. The first-order valence-electron chi connectivity index (χ1n) is 9.48. The van der Waals surface area contributed by atoms with Crippen LogP contribution in [0, 0.1) is 0 Å². The van der Waals surface area contributed by atoms with Gasteiger partial charge in [-0.2, -0.15) is 0 Å². The first kappa shape index (κ1) is 23.3. The number of nitrogens with one attached hydrogen (secondary N) is 2. The molecule has 0 heterocycles. The lowest BCUT2D eigenvalue weighted by Gasteiger charge is -2.16. The summed E-state index contributed by atoms with van der Waals surface area (Å²) < 4.78 is 12.7. The monoisotopic (exact) mass is 488 g/mol. The van der Waals surface area contributed by atoms with Crippen molar-refractivity contribution in [3.8, 4) is 11.5 Å². The van der Waals surface area contributed by atoms with Crippen LogP contribution in [0.25, 0.3) is 0 Å². The summed E-state index contributed by atoms with van der Waals surface area (Å²) in [6.45, 7) is 8.73. The van der Waals surface area contributed by atoms with E-state index in [1.165, 1.54) is 0 Å². The molecule has 7 heteroatoms. The van der Waals surface area contributed by atoms with Gasteiger partial charge in [0.05, 0.1) is 11.1 Å². The van der Waals surface area contributed by atoms with Gasteiger partial charge < -0.3 is 20.1 Å². The molecule has 0 saturated carbocycles. The second-order valence-electron chi connectivity index (χ2n) is 6.25. The van der Waals surface area contributed by atoms with Gasteiger partial charge in [-0.1, -0.05) is 36.2 Å². The number of hydrogen-bond acceptors (Lipinski definition) is 4. The molecule has 2 rings (SSSR count). The second kappa shape index (κ2) is 12.6. The van der Waals surface area contributed by atoms with Crippen LogP contribution >= 0.6 is 39.1 Å². The Morgan fingerprint density at radius 2 is 1.79 bits per heavy atom. The van der Waals surface area contributed by atoms with Gasteiger partial charge in [-0.15, -0.1) is 0 Å². The first-order chi connectivity index (χ1) is 13.5. The molecule has 0 bridgehead atoms. The Hall–Kier alpha value is -0.980. The SMILES string of the molecule is CCNCCCNCc1cc(Br)c(OCc2ccc(Cl)cc2Cl)c(OCC)c1. The van der Waals surface area contributed by atoms with Crippen LogP contribution in [0.4, 0.5) is 0 Å². The molecule has 0 aliphatic heterocycles. The molecule has 2 aromatic rings. The van der Waals surface area contributed by atoms with Crippen molar-refractivity contribution in [2.24, 2.45) is 0 Å². The van der Waals surface area contributed by atoms with Crippen LogP contribution in [-0.2, 0) is 13.2 Å². The summed E-state index contributed by atoms with van der Waals surface area (Å²) in [6, 6.07) is 9.45. The highest BCUT2D eigenvalue weighted by Crippen LogP contribution is 2.38. The molecular formula is C21H27BrCl2N2O2. The highest BCUT2D eigenvalue weighted by molar-refractivity contribution is 9.10. The second-order valence-corrected chi connectivity index (χ2v) is 7.94. The van der Waals surface area contributed by atoms with Crippen LogP contribution in [0.5, 0.6) is 11.5 Å². The van der Waals surface area contributed by atoms with E-state index in [2.05, 4.69) is 39.6 Å². The van der Waals surface area contributed by atoms with E-state index in [1.807, 2.05) is 19.1 Å². The maximum absolute atomic E-state index is 6.24. The minimum Gasteiger partial charge on any atom is -0.490 e. The molecule has 0 aliphatic rings. The largest absolute Gasteiger partial charge is 0.490 e. The minimum atomic E-state index is 0.330. The van der Waals surface area contributed by atoms with Crippen molar-refractivity contribution in [1.82, 2.24) is 10.6 Å². The van der Waals surface area contributed by atoms with Gasteiger partial charge in [0.25, 0.3) is 0 Å². The molecule has 0 aromatic heterocycles. The molecule has 0 spiro atoms. The number of halogens is 3. The number of hydrogen-bond donors (Lipinski definition) is 2. The lowest BCUT2D eigenvalue weighted by molar-refractivity contribution is 0.267. The summed E-state index contributed by atoms with van der Waals surface area (Å²) in [5.74, 6) is 1.38. The van der Waals surface area contributed by atoms with E-state index in [4.69, 9.17) is 32.7 Å². The van der Waals surface area contributed by atoms with Crippen LogP contribution in [-0.4, -0.2) is 26.2 Å². The summed E-state index contributed by atoms with van der Waals surface area (Å²) >= 11 is 15.8. The molecule has 0 radical (unpaired) electrons. The Kier molecular flexibility index (Phi) is 10.4. The van der Waals surface area contributed by atoms with E-state index in [0.717, 1.165) is 48.2 Å². The third-order valence-corrected chi connectivity index (χ3v) is 5.22. The van der Waals surface area contributed by atoms with Crippen LogP contribution in [0.15, 0.2) is 34.8 Å². The minimum absolute atomic E-state index is 0.330. The van der Waals surface area contributed by atoms with Crippen LogP contribution < -0.4 is 20.1 Å². The van der Waals surface area contributed by atoms with Gasteiger partial charge in [-0.3, -0.25) is 0 Å². The van der Waals surface area contributed by atoms with E-state index >= 15 is 0 Å². The van der Waals surface area contributed by atoms with Crippen molar-refractivity contribution >= 4 is 39.1 Å². The van der Waals surface area contributed by atoms with E-state index in [1.54, 1.807) is 12.1 Å². The Morgan fingerprint density at radius 3 is 2.50 bits per heavy atom. The number of ether oxygens (including phenoxy) is 2. The fourth-order valence-electron chi connectivity index (χ4n) is 2.66. The molecule has 0 saturated heterocycles. The van der Waals surface area contributed by atoms with Gasteiger partial charge in [0.2, 0.25) is 0 Å². The molecule has 0 amide bonds. The van der Waals surface area contributed by atoms with Gasteiger partial charge in [-0.25, -0.2) is 0 Å². The third-order valence-electron chi connectivity index (χ3n) is 4.04. The zero-order valence-electron chi connectivity index (χ0n) is 16.3. The zero-order valence-corrected chi connectivity index (χ0v) is 19.4. The van der Waals surface area contributed by atoms with Crippen molar-refractivity contribution in [3.05, 3.63) is 56.0 Å². The fourth-order valence-corrected chi connectivity index (χ4v) is 3.73. The van der Waals surface area contributed by atoms with Crippen LogP contribution in [0.2, 0.25) is 10.0 Å². The van der Waals surface area contributed by atoms with Gasteiger partial charge >= 0.3 is 0 Å². The van der Waals surface area contributed by atoms with Gasteiger partial charge in [0, 0.05) is 22.2 Å². The topological polar surface area (TPSA) is 42.5 Å². The molecule has 154 valence electrons. The quantitative estimate of drug-likeness (QED) is 0.368. The predicted octanol–water partition coefficient (Wildman–Crippen LogP) is 5.82. The van der Waals surface area contributed by atoms with E-state index in [0.29, 0.717) is 34.8 Å². The summed E-state index contributed by atoms with van der Waals surface area (Å²) in [5.41, 5.74) is 2.00. The standard InChI is InChI=1S/C21H27BrCl2N2O2/c1-3-25-8-5-9-26-13-15-10-18(22)21(20(11-15)27-4-2)28-14-16-6-7-17(23)12-19(16)24/h6-7,10-12,25-26H,3-5,8-9,13-14H2,1-2H3. The predicted molar refractivity (Wildman–Crippen MR) is 121 cm³/mol. The zero-order chi connectivity index (χ0) is 20.4. The smallest absolute Gasteiger partial charge is 0.175 e. The molecule has 28 heavy (non-hydrogen) atoms. The van der Waals surface area contributed by atoms with Gasteiger partial charge in [-0.05, 0) is 78.7 Å². The first-order valence-corrected chi connectivity index (χ1v) is 11.0. The summed E-state index contributed by atoms with van der Waals surface area (Å²) in [5, 5.41) is 7.97. The molecule has 4 nitrogen and oxygen atoms in total. The molecule has 2 aromatic carbocycles. The van der Waals surface area contributed by atoms with Crippen molar-refractivity contribution in [2.45, 2.75) is 33.4 Å². The van der Waals surface area contributed by atoms with Crippen molar-refractivity contribution in [3.63, 3.8) is 0 Å². The molecule has 0 unspecified atom stereocenters. The van der Waals surface area contributed by atoms with E-state index in [9.17, 15) is 0 Å². The number of rotatable bonds is 12. The average Bonchev–Trinajstić information content (AvgIpc) is 2.65. The van der Waals surface area contributed by atoms with Crippen molar-refractivity contribution < 1.29 is 9.47 Å². The van der Waals surface area contributed by atoms with Crippen molar-refractivity contribution in [2.75, 3.05) is 26.2 Å². The van der Waals surface area contributed by atoms with Crippen LogP contribution in [0.3, 0.4) is 0 Å². The summed E-state index contributed by atoms with van der Waals surface area (Å²) in [6.07, 6.45) is 1.09. The molecule has 0 fully saturated rings. The lowest BCUT2D eigenvalue weighted by Crippen LogP contribution is -2.21. The molecular weight excluding hydrogens is 463 g/mol. The lowest BCUT2D eigenvalue weighted by atomic mass is 10.2. The Morgan fingerprint density at radius 1 is 1.00 bits per heavy atom. The number of benzene rings is 2. The average molecular weight is 490 g/mol. The Balaban J connectivity index is 2.02. The highest BCUT2D eigenvalue weighted by Gasteiger charge is 2.13. The maximum Gasteiger partial charge on any atom is 0.175 e. The van der Waals surface area contributed by atoms with Gasteiger partial charge in [0.1, 0.15) is 6.61 Å². The fraction of sp³-hybridized carbons (Fsp3) is 0.429. The van der Waals surface area contributed by atoms with E-state index < -0.39 is 0 Å². The Labute approximate surface area is 186 Å². The van der Waals surface area contributed by atoms with Gasteiger partial charge in [0.15, 0.2) is 11.5 Å². The molecule has 0 atom stereocenters. The highest BCUT2D eigenvalue weighted by atomic mass is 79.9. The normalized spacial score (nSPS) is 10.9. The molecule has 0 aliphatic carbocycles. The van der Waals surface area contributed by atoms with E-state index in [-0.39, 0.29) is 0 Å². The summed E-state index contributed by atoms with van der Waals surface area (Å²) in [7, 11) is 0. The molecule has 2 N–H and O–H groups in total. The third kappa shape index (κ3) is 7.45. The Bertz CT molecular complexity index is 759. The van der Waals surface area contributed by atoms with Crippen molar-refractivity contribution in [1.29, 1.82) is 0 Å². The van der Waals surface area contributed by atoms with Crippen LogP contribution in [0.1, 0.15) is 31.4 Å².